The number of aromatic nitrogens is 1. The second-order valence-corrected chi connectivity index (χ2v) is 6.67. The Bertz CT molecular complexity index is 988. The number of phenolic OH excluding ortho intramolecular Hbond substituents is 1. The quantitative estimate of drug-likeness (QED) is 0.580. The van der Waals surface area contributed by atoms with Crippen molar-refractivity contribution in [2.75, 3.05) is 6.61 Å². The van der Waals surface area contributed by atoms with Crippen molar-refractivity contribution < 1.29 is 9.84 Å². The molecule has 0 unspecified atom stereocenters. The average Bonchev–Trinajstić information content (AvgIpc) is 3.13. The van der Waals surface area contributed by atoms with E-state index in [1.807, 2.05) is 36.6 Å². The maximum atomic E-state index is 9.79. The molecular weight excluding hydrogens is 368 g/mol. The Hall–Kier alpha value is -2.81. The van der Waals surface area contributed by atoms with Gasteiger partial charge in [0.2, 0.25) is 0 Å². The minimum absolute atomic E-state index is 0.0711. The first-order chi connectivity index (χ1) is 12.6. The van der Waals surface area contributed by atoms with Gasteiger partial charge in [-0.3, -0.25) is 0 Å². The molecule has 130 valence electrons. The molecule has 0 saturated heterocycles. The number of thiazole rings is 1. The fourth-order valence-electron chi connectivity index (χ4n) is 2.35. The van der Waals surface area contributed by atoms with Gasteiger partial charge in [-0.05, 0) is 42.8 Å². The van der Waals surface area contributed by atoms with Crippen LogP contribution in [0.3, 0.4) is 0 Å². The number of hydrogen-bond acceptors (Lipinski definition) is 5. The highest BCUT2D eigenvalue weighted by Gasteiger charge is 2.10. The SMILES string of the molecule is CCOc1cc(C=C(C#N)c2nc(-c3ccc(Cl)cc3)cs2)ccc1O. The molecule has 0 aliphatic heterocycles. The van der Waals surface area contributed by atoms with Crippen LogP contribution in [0.25, 0.3) is 22.9 Å². The molecule has 26 heavy (non-hydrogen) atoms. The van der Waals surface area contributed by atoms with E-state index in [0.717, 1.165) is 16.8 Å². The van der Waals surface area contributed by atoms with Crippen molar-refractivity contribution in [1.29, 1.82) is 5.26 Å². The Labute approximate surface area is 160 Å². The third kappa shape index (κ3) is 4.05. The van der Waals surface area contributed by atoms with Gasteiger partial charge < -0.3 is 9.84 Å². The van der Waals surface area contributed by atoms with E-state index >= 15 is 0 Å². The minimum atomic E-state index is 0.0711. The van der Waals surface area contributed by atoms with Crippen LogP contribution in [-0.2, 0) is 0 Å². The van der Waals surface area contributed by atoms with Crippen LogP contribution < -0.4 is 4.74 Å². The standard InChI is InChI=1S/C20H15ClN2O2S/c1-2-25-19-10-13(3-8-18(19)24)9-15(11-22)20-23-17(12-26-20)14-4-6-16(21)7-5-14/h3-10,12,24H,2H2,1H3. The Balaban J connectivity index is 1.92. The van der Waals surface area contributed by atoms with Crippen LogP contribution in [0.2, 0.25) is 5.02 Å². The van der Waals surface area contributed by atoms with Gasteiger partial charge in [-0.15, -0.1) is 11.3 Å². The van der Waals surface area contributed by atoms with Gasteiger partial charge >= 0.3 is 0 Å². The van der Waals surface area contributed by atoms with E-state index in [9.17, 15) is 10.4 Å². The van der Waals surface area contributed by atoms with E-state index in [-0.39, 0.29) is 5.75 Å². The highest BCUT2D eigenvalue weighted by molar-refractivity contribution is 7.11. The Morgan fingerprint density at radius 2 is 2.08 bits per heavy atom. The summed E-state index contributed by atoms with van der Waals surface area (Å²) < 4.78 is 5.38. The zero-order chi connectivity index (χ0) is 18.5. The fourth-order valence-corrected chi connectivity index (χ4v) is 3.27. The molecule has 4 nitrogen and oxygen atoms in total. The molecule has 1 aromatic heterocycles. The first kappa shape index (κ1) is 18.0. The fraction of sp³-hybridized carbons (Fsp3) is 0.100. The third-order valence-electron chi connectivity index (χ3n) is 3.59. The van der Waals surface area contributed by atoms with Crippen LogP contribution in [-0.4, -0.2) is 16.7 Å². The molecule has 6 heteroatoms. The van der Waals surface area contributed by atoms with Crippen LogP contribution in [0, 0.1) is 11.3 Å². The lowest BCUT2D eigenvalue weighted by atomic mass is 10.1. The molecule has 0 spiro atoms. The number of ether oxygens (including phenoxy) is 1. The van der Waals surface area contributed by atoms with Crippen LogP contribution in [0.15, 0.2) is 47.8 Å². The number of allylic oxidation sites excluding steroid dienone is 1. The van der Waals surface area contributed by atoms with Crippen molar-refractivity contribution in [3.8, 4) is 28.8 Å². The van der Waals surface area contributed by atoms with Crippen LogP contribution >= 0.6 is 22.9 Å². The molecule has 3 aromatic rings. The second kappa shape index (κ2) is 8.05. The predicted molar refractivity (Wildman–Crippen MR) is 105 cm³/mol. The summed E-state index contributed by atoms with van der Waals surface area (Å²) in [6.07, 6.45) is 1.73. The molecule has 0 saturated carbocycles. The average molecular weight is 383 g/mol. The van der Waals surface area contributed by atoms with Gasteiger partial charge in [0.1, 0.15) is 11.1 Å². The van der Waals surface area contributed by atoms with Crippen LogP contribution in [0.4, 0.5) is 0 Å². The zero-order valence-corrected chi connectivity index (χ0v) is 15.5. The highest BCUT2D eigenvalue weighted by atomic mass is 35.5. The van der Waals surface area contributed by atoms with Crippen molar-refractivity contribution in [2.45, 2.75) is 6.92 Å². The Morgan fingerprint density at radius 1 is 1.31 bits per heavy atom. The monoisotopic (exact) mass is 382 g/mol. The lowest BCUT2D eigenvalue weighted by Crippen LogP contribution is -1.92. The van der Waals surface area contributed by atoms with E-state index in [2.05, 4.69) is 11.1 Å². The number of hydrogen-bond donors (Lipinski definition) is 1. The number of nitriles is 1. The first-order valence-electron chi connectivity index (χ1n) is 7.90. The summed E-state index contributed by atoms with van der Waals surface area (Å²) in [5, 5.41) is 22.5. The Kier molecular flexibility index (Phi) is 5.57. The van der Waals surface area contributed by atoms with Gasteiger partial charge in [0, 0.05) is 16.0 Å². The lowest BCUT2D eigenvalue weighted by Gasteiger charge is -2.06. The topological polar surface area (TPSA) is 66.1 Å². The molecular formula is C20H15ClN2O2S. The molecule has 2 aromatic carbocycles. The van der Waals surface area contributed by atoms with Gasteiger partial charge in [-0.1, -0.05) is 29.8 Å². The van der Waals surface area contributed by atoms with Crippen molar-refractivity contribution in [1.82, 2.24) is 4.98 Å². The van der Waals surface area contributed by atoms with Crippen LogP contribution in [0.5, 0.6) is 11.5 Å². The summed E-state index contributed by atoms with van der Waals surface area (Å²) in [5.41, 5.74) is 2.94. The predicted octanol–water partition coefficient (Wildman–Crippen LogP) is 5.63. The lowest BCUT2D eigenvalue weighted by molar-refractivity contribution is 0.318. The molecule has 0 aliphatic rings. The largest absolute Gasteiger partial charge is 0.504 e. The molecule has 0 atom stereocenters. The third-order valence-corrected chi connectivity index (χ3v) is 4.72. The molecule has 0 radical (unpaired) electrons. The molecule has 0 bridgehead atoms. The van der Waals surface area contributed by atoms with Gasteiger partial charge in [0.15, 0.2) is 11.5 Å². The number of aromatic hydroxyl groups is 1. The van der Waals surface area contributed by atoms with E-state index in [1.165, 1.54) is 11.3 Å². The normalized spacial score (nSPS) is 11.2. The number of benzene rings is 2. The zero-order valence-electron chi connectivity index (χ0n) is 13.9. The molecule has 1 N–H and O–H groups in total. The summed E-state index contributed by atoms with van der Waals surface area (Å²) in [4.78, 5) is 4.56. The van der Waals surface area contributed by atoms with Gasteiger partial charge in [0.05, 0.1) is 17.9 Å². The molecule has 0 amide bonds. The minimum Gasteiger partial charge on any atom is -0.504 e. The van der Waals surface area contributed by atoms with Gasteiger partial charge in [-0.25, -0.2) is 4.98 Å². The number of halogens is 1. The maximum Gasteiger partial charge on any atom is 0.161 e. The summed E-state index contributed by atoms with van der Waals surface area (Å²) in [6.45, 7) is 2.29. The number of rotatable bonds is 5. The first-order valence-corrected chi connectivity index (χ1v) is 9.16. The summed E-state index contributed by atoms with van der Waals surface area (Å²) >= 11 is 7.32. The van der Waals surface area contributed by atoms with Crippen molar-refractivity contribution in [3.05, 3.63) is 63.4 Å². The van der Waals surface area contributed by atoms with E-state index in [0.29, 0.717) is 28.0 Å². The summed E-state index contributed by atoms with van der Waals surface area (Å²) in [7, 11) is 0. The van der Waals surface area contributed by atoms with Crippen molar-refractivity contribution in [3.63, 3.8) is 0 Å². The molecule has 0 aliphatic carbocycles. The van der Waals surface area contributed by atoms with E-state index in [1.54, 1.807) is 24.3 Å². The second-order valence-electron chi connectivity index (χ2n) is 5.37. The van der Waals surface area contributed by atoms with Gasteiger partial charge in [-0.2, -0.15) is 5.26 Å². The van der Waals surface area contributed by atoms with Gasteiger partial charge in [0.25, 0.3) is 0 Å². The molecule has 3 rings (SSSR count). The molecule has 1 heterocycles. The van der Waals surface area contributed by atoms with Crippen molar-refractivity contribution >= 4 is 34.6 Å². The van der Waals surface area contributed by atoms with E-state index < -0.39 is 0 Å². The number of nitrogens with zero attached hydrogens (tertiary/aromatic N) is 2. The molecule has 0 fully saturated rings. The smallest absolute Gasteiger partial charge is 0.161 e. The maximum absolute atomic E-state index is 9.79. The van der Waals surface area contributed by atoms with E-state index in [4.69, 9.17) is 16.3 Å². The number of phenols is 1. The Morgan fingerprint density at radius 3 is 2.77 bits per heavy atom. The highest BCUT2D eigenvalue weighted by Crippen LogP contribution is 2.31. The summed E-state index contributed by atoms with van der Waals surface area (Å²) in [6, 6.07) is 14.6. The van der Waals surface area contributed by atoms with Crippen LogP contribution in [0.1, 0.15) is 17.5 Å². The summed E-state index contributed by atoms with van der Waals surface area (Å²) in [5.74, 6) is 0.460. The van der Waals surface area contributed by atoms with Crippen molar-refractivity contribution in [2.24, 2.45) is 0 Å².